The normalized spacial score (nSPS) is 14.1. The second-order valence-electron chi connectivity index (χ2n) is 9.39. The third kappa shape index (κ3) is 4.99. The van der Waals surface area contributed by atoms with Crippen molar-refractivity contribution in [1.82, 2.24) is 4.90 Å². The highest BCUT2D eigenvalue weighted by molar-refractivity contribution is 6.08. The summed E-state index contributed by atoms with van der Waals surface area (Å²) in [5.74, 6) is 0.297. The van der Waals surface area contributed by atoms with E-state index in [1.807, 2.05) is 60.7 Å². The van der Waals surface area contributed by atoms with Gasteiger partial charge in [0.05, 0.1) is 24.6 Å². The highest BCUT2D eigenvalue weighted by Crippen LogP contribution is 2.40. The van der Waals surface area contributed by atoms with Gasteiger partial charge in [-0.15, -0.1) is 0 Å². The van der Waals surface area contributed by atoms with Gasteiger partial charge in [-0.2, -0.15) is 0 Å². The smallest absolute Gasteiger partial charge is 0.324 e. The van der Waals surface area contributed by atoms with E-state index in [2.05, 4.69) is 20.8 Å². The van der Waals surface area contributed by atoms with E-state index in [4.69, 9.17) is 15.2 Å². The minimum Gasteiger partial charge on any atom is -0.482 e. The first-order valence-electron chi connectivity index (χ1n) is 11.5. The molecule has 0 aromatic heterocycles. The first-order valence-corrected chi connectivity index (χ1v) is 11.5. The van der Waals surface area contributed by atoms with Crippen LogP contribution in [0.5, 0.6) is 5.75 Å². The Bertz CT molecular complexity index is 1190. The molecule has 7 nitrogen and oxygen atoms in total. The zero-order valence-corrected chi connectivity index (χ0v) is 19.9. The summed E-state index contributed by atoms with van der Waals surface area (Å²) in [6, 6.07) is 18.6. The van der Waals surface area contributed by atoms with Gasteiger partial charge in [0, 0.05) is 18.5 Å². The molecule has 0 saturated carbocycles. The summed E-state index contributed by atoms with van der Waals surface area (Å²) in [5, 5.41) is 1.88. The number of fused-ring (bicyclic) bond motifs is 1. The molecule has 1 heterocycles. The summed E-state index contributed by atoms with van der Waals surface area (Å²) in [6.45, 7) is 8.29. The molecule has 3 aromatic carbocycles. The van der Waals surface area contributed by atoms with Crippen LogP contribution in [0.25, 0.3) is 10.8 Å². The van der Waals surface area contributed by atoms with Crippen molar-refractivity contribution in [2.24, 2.45) is 5.73 Å². The van der Waals surface area contributed by atoms with E-state index in [0.29, 0.717) is 43.4 Å². The molecule has 3 aromatic rings. The maximum atomic E-state index is 12.8. The van der Waals surface area contributed by atoms with Crippen LogP contribution in [-0.4, -0.2) is 49.7 Å². The molecule has 4 rings (SSSR count). The minimum absolute atomic E-state index is 0.120. The number of anilines is 2. The van der Waals surface area contributed by atoms with Gasteiger partial charge in [0.15, 0.2) is 6.61 Å². The Kier molecular flexibility index (Phi) is 6.75. The molecular formula is C27H31N3O4. The van der Waals surface area contributed by atoms with Crippen LogP contribution >= 0.6 is 0 Å². The summed E-state index contributed by atoms with van der Waals surface area (Å²) >= 11 is 0. The number of ether oxygens (including phenoxy) is 2. The van der Waals surface area contributed by atoms with Crippen molar-refractivity contribution in [3.63, 3.8) is 0 Å². The number of urea groups is 1. The summed E-state index contributed by atoms with van der Waals surface area (Å²) in [5.41, 5.74) is 7.94. The number of carbonyl (C=O) groups is 2. The predicted octanol–water partition coefficient (Wildman–Crippen LogP) is 4.59. The van der Waals surface area contributed by atoms with Crippen LogP contribution in [0.3, 0.4) is 0 Å². The largest absolute Gasteiger partial charge is 0.482 e. The lowest BCUT2D eigenvalue weighted by Crippen LogP contribution is -2.43. The van der Waals surface area contributed by atoms with Gasteiger partial charge in [0.1, 0.15) is 5.75 Å². The Morgan fingerprint density at radius 1 is 1.00 bits per heavy atom. The van der Waals surface area contributed by atoms with Crippen molar-refractivity contribution in [1.29, 1.82) is 0 Å². The van der Waals surface area contributed by atoms with Crippen LogP contribution in [-0.2, 0) is 14.9 Å². The molecule has 0 bridgehead atoms. The van der Waals surface area contributed by atoms with E-state index in [9.17, 15) is 9.59 Å². The molecular weight excluding hydrogens is 430 g/mol. The highest BCUT2D eigenvalue weighted by atomic mass is 16.5. The molecule has 34 heavy (non-hydrogen) atoms. The SMILES string of the molecule is CC(C)(C)c1ccc(OCC(=O)N2CCOCC2)c(N(C(N)=O)c2cccc3ccccc23)c1. The van der Waals surface area contributed by atoms with Crippen LogP contribution < -0.4 is 15.4 Å². The van der Waals surface area contributed by atoms with Crippen molar-refractivity contribution in [3.8, 4) is 5.75 Å². The molecule has 0 radical (unpaired) electrons. The molecule has 0 atom stereocenters. The Morgan fingerprint density at radius 3 is 2.41 bits per heavy atom. The number of rotatable bonds is 5. The zero-order chi connectivity index (χ0) is 24.3. The van der Waals surface area contributed by atoms with Gasteiger partial charge in [-0.1, -0.05) is 63.2 Å². The lowest BCUT2D eigenvalue weighted by Gasteiger charge is -2.29. The molecule has 3 amide bonds. The van der Waals surface area contributed by atoms with Gasteiger partial charge in [-0.3, -0.25) is 9.69 Å². The lowest BCUT2D eigenvalue weighted by molar-refractivity contribution is -0.137. The summed E-state index contributed by atoms with van der Waals surface area (Å²) in [6.07, 6.45) is 0. The monoisotopic (exact) mass is 461 g/mol. The molecule has 0 aliphatic carbocycles. The second kappa shape index (κ2) is 9.73. The molecule has 1 fully saturated rings. The van der Waals surface area contributed by atoms with Crippen LogP contribution in [0, 0.1) is 0 Å². The van der Waals surface area contributed by atoms with E-state index >= 15 is 0 Å². The average Bonchev–Trinajstić information content (AvgIpc) is 2.83. The zero-order valence-electron chi connectivity index (χ0n) is 19.9. The summed E-state index contributed by atoms with van der Waals surface area (Å²) < 4.78 is 11.3. The van der Waals surface area contributed by atoms with Crippen molar-refractivity contribution >= 4 is 34.1 Å². The number of hydrogen-bond donors (Lipinski definition) is 1. The maximum Gasteiger partial charge on any atom is 0.324 e. The fourth-order valence-corrected chi connectivity index (χ4v) is 4.09. The Hall–Kier alpha value is -3.58. The first kappa shape index (κ1) is 23.6. The van der Waals surface area contributed by atoms with Gasteiger partial charge in [-0.05, 0) is 34.6 Å². The van der Waals surface area contributed by atoms with Gasteiger partial charge >= 0.3 is 6.03 Å². The Balaban J connectivity index is 1.76. The van der Waals surface area contributed by atoms with Crippen LogP contribution in [0.2, 0.25) is 0 Å². The molecule has 178 valence electrons. The Morgan fingerprint density at radius 2 is 1.71 bits per heavy atom. The standard InChI is InChI=1S/C27H31N3O4/c1-27(2,3)20-11-12-24(34-18-25(31)29-13-15-33-16-14-29)23(17-20)30(26(28)32)22-10-6-8-19-7-4-5-9-21(19)22/h4-12,17H,13-16,18H2,1-3H3,(H2,28,32). The minimum atomic E-state index is -0.633. The van der Waals surface area contributed by atoms with Gasteiger partial charge in [0.2, 0.25) is 0 Å². The fourth-order valence-electron chi connectivity index (χ4n) is 4.09. The van der Waals surface area contributed by atoms with E-state index in [1.165, 1.54) is 4.90 Å². The quantitative estimate of drug-likeness (QED) is 0.602. The molecule has 2 N–H and O–H groups in total. The first-order chi connectivity index (χ1) is 16.3. The van der Waals surface area contributed by atoms with Crippen molar-refractivity contribution in [2.45, 2.75) is 26.2 Å². The van der Waals surface area contributed by atoms with Gasteiger partial charge in [-0.25, -0.2) is 4.79 Å². The average molecular weight is 462 g/mol. The van der Waals surface area contributed by atoms with E-state index in [-0.39, 0.29) is 17.9 Å². The van der Waals surface area contributed by atoms with Gasteiger partial charge < -0.3 is 20.1 Å². The fraction of sp³-hybridized carbons (Fsp3) is 0.333. The number of nitrogens with zero attached hydrogens (tertiary/aromatic N) is 2. The number of morpholine rings is 1. The van der Waals surface area contributed by atoms with Crippen LogP contribution in [0.1, 0.15) is 26.3 Å². The molecule has 1 aliphatic heterocycles. The number of amides is 3. The molecule has 0 spiro atoms. The van der Waals surface area contributed by atoms with E-state index < -0.39 is 6.03 Å². The van der Waals surface area contributed by atoms with Crippen LogP contribution in [0.4, 0.5) is 16.2 Å². The van der Waals surface area contributed by atoms with Crippen molar-refractivity contribution < 1.29 is 19.1 Å². The van der Waals surface area contributed by atoms with Gasteiger partial charge in [0.25, 0.3) is 5.91 Å². The number of nitrogens with two attached hydrogens (primary N) is 1. The lowest BCUT2D eigenvalue weighted by atomic mass is 9.86. The third-order valence-corrected chi connectivity index (χ3v) is 6.01. The topological polar surface area (TPSA) is 85.1 Å². The van der Waals surface area contributed by atoms with E-state index in [0.717, 1.165) is 16.3 Å². The third-order valence-electron chi connectivity index (χ3n) is 6.01. The van der Waals surface area contributed by atoms with Crippen molar-refractivity contribution in [3.05, 3.63) is 66.2 Å². The predicted molar refractivity (Wildman–Crippen MR) is 134 cm³/mol. The summed E-state index contributed by atoms with van der Waals surface area (Å²) in [4.78, 5) is 28.7. The number of benzene rings is 3. The van der Waals surface area contributed by atoms with Crippen molar-refractivity contribution in [2.75, 3.05) is 37.8 Å². The maximum absolute atomic E-state index is 12.8. The number of hydrogen-bond acceptors (Lipinski definition) is 4. The molecule has 1 saturated heterocycles. The Labute approximate surface area is 200 Å². The molecule has 1 aliphatic rings. The van der Waals surface area contributed by atoms with Crippen LogP contribution in [0.15, 0.2) is 60.7 Å². The highest BCUT2D eigenvalue weighted by Gasteiger charge is 2.25. The number of primary amides is 1. The number of carbonyl (C=O) groups excluding carboxylic acids is 2. The molecule has 7 heteroatoms. The molecule has 0 unspecified atom stereocenters. The second-order valence-corrected chi connectivity index (χ2v) is 9.39. The summed E-state index contributed by atoms with van der Waals surface area (Å²) in [7, 11) is 0. The van der Waals surface area contributed by atoms with E-state index in [1.54, 1.807) is 4.90 Å².